The van der Waals surface area contributed by atoms with Crippen LogP contribution in [0.2, 0.25) is 5.02 Å². The summed E-state index contributed by atoms with van der Waals surface area (Å²) in [6, 6.07) is 10.6. The molecule has 0 spiro atoms. The fourth-order valence-electron chi connectivity index (χ4n) is 2.98. The van der Waals surface area contributed by atoms with Gasteiger partial charge in [0, 0.05) is 30.2 Å². The van der Waals surface area contributed by atoms with Gasteiger partial charge in [0.25, 0.3) is 0 Å². The van der Waals surface area contributed by atoms with Crippen LogP contribution in [0.25, 0.3) is 0 Å². The van der Waals surface area contributed by atoms with Crippen LogP contribution < -0.4 is 5.32 Å². The Morgan fingerprint density at radius 2 is 1.75 bits per heavy atom. The number of anilines is 1. The van der Waals surface area contributed by atoms with Gasteiger partial charge in [-0.3, -0.25) is 4.79 Å². The summed E-state index contributed by atoms with van der Waals surface area (Å²) in [5.41, 5.74) is 3.10. The molecule has 0 atom stereocenters. The number of carbonyl (C=O) groups is 1. The highest BCUT2D eigenvalue weighted by molar-refractivity contribution is 7.89. The van der Waals surface area contributed by atoms with Gasteiger partial charge in [0.1, 0.15) is 0 Å². The molecular formula is C21H27ClN2O3S. The fraction of sp³-hybridized carbons (Fsp3) is 0.381. The Balaban J connectivity index is 2.22. The monoisotopic (exact) mass is 422 g/mol. The second-order valence-corrected chi connectivity index (χ2v) is 8.99. The van der Waals surface area contributed by atoms with Crippen LogP contribution in [0.5, 0.6) is 0 Å². The highest BCUT2D eigenvalue weighted by Gasteiger charge is 2.23. The zero-order valence-electron chi connectivity index (χ0n) is 16.8. The first-order chi connectivity index (χ1) is 13.2. The Kier molecular flexibility index (Phi) is 7.63. The van der Waals surface area contributed by atoms with Crippen LogP contribution in [-0.2, 0) is 21.2 Å². The molecule has 0 unspecified atom stereocenters. The van der Waals surface area contributed by atoms with E-state index >= 15 is 0 Å². The second kappa shape index (κ2) is 9.54. The maximum absolute atomic E-state index is 12.8. The molecule has 0 saturated heterocycles. The lowest BCUT2D eigenvalue weighted by molar-refractivity contribution is -0.116. The molecule has 2 aromatic rings. The molecule has 0 aliphatic carbocycles. The number of hydrogen-bond acceptors (Lipinski definition) is 3. The number of aryl methyl sites for hydroxylation is 2. The molecule has 0 radical (unpaired) electrons. The predicted octanol–water partition coefficient (Wildman–Crippen LogP) is 4.56. The van der Waals surface area contributed by atoms with Crippen LogP contribution in [0.3, 0.4) is 0 Å². The Bertz CT molecular complexity index is 954. The number of carbonyl (C=O) groups excluding carboxylic acids is 1. The molecule has 28 heavy (non-hydrogen) atoms. The van der Waals surface area contributed by atoms with Crippen molar-refractivity contribution in [3.05, 3.63) is 58.1 Å². The van der Waals surface area contributed by atoms with E-state index in [4.69, 9.17) is 11.6 Å². The Morgan fingerprint density at radius 3 is 2.36 bits per heavy atom. The van der Waals surface area contributed by atoms with Crippen LogP contribution in [-0.4, -0.2) is 31.7 Å². The van der Waals surface area contributed by atoms with Gasteiger partial charge in [-0.25, -0.2) is 8.42 Å². The number of amides is 1. The zero-order chi connectivity index (χ0) is 20.9. The SMILES string of the molecule is CCN(CC)S(=O)(=O)c1cc(C)c(C)c(NC(=O)CCc2ccccc2Cl)c1. The molecule has 0 fully saturated rings. The number of nitrogens with one attached hydrogen (secondary N) is 1. The molecule has 2 aromatic carbocycles. The molecule has 0 heterocycles. The molecule has 0 aliphatic rings. The van der Waals surface area contributed by atoms with Crippen molar-refractivity contribution in [2.75, 3.05) is 18.4 Å². The minimum atomic E-state index is -3.60. The third-order valence-electron chi connectivity index (χ3n) is 4.84. The van der Waals surface area contributed by atoms with Crippen LogP contribution in [0.1, 0.15) is 37.0 Å². The predicted molar refractivity (Wildman–Crippen MR) is 114 cm³/mol. The maximum Gasteiger partial charge on any atom is 0.243 e. The summed E-state index contributed by atoms with van der Waals surface area (Å²) in [6.45, 7) is 8.11. The third-order valence-corrected chi connectivity index (χ3v) is 7.23. The van der Waals surface area contributed by atoms with Crippen LogP contribution in [0, 0.1) is 13.8 Å². The summed E-state index contributed by atoms with van der Waals surface area (Å²) < 4.78 is 27.1. The summed E-state index contributed by atoms with van der Waals surface area (Å²) in [5, 5.41) is 3.50. The average molecular weight is 423 g/mol. The molecule has 7 heteroatoms. The average Bonchev–Trinajstić information content (AvgIpc) is 2.65. The van der Waals surface area contributed by atoms with Crippen molar-refractivity contribution in [1.82, 2.24) is 4.31 Å². The number of benzene rings is 2. The summed E-state index contributed by atoms with van der Waals surface area (Å²) in [7, 11) is -3.60. The number of rotatable bonds is 8. The van der Waals surface area contributed by atoms with Crippen molar-refractivity contribution in [2.24, 2.45) is 0 Å². The lowest BCUT2D eigenvalue weighted by Gasteiger charge is -2.20. The molecular weight excluding hydrogens is 396 g/mol. The molecule has 1 N–H and O–H groups in total. The van der Waals surface area contributed by atoms with Crippen molar-refractivity contribution in [1.29, 1.82) is 0 Å². The minimum Gasteiger partial charge on any atom is -0.326 e. The molecule has 0 aromatic heterocycles. The summed E-state index contributed by atoms with van der Waals surface area (Å²) in [6.07, 6.45) is 0.774. The van der Waals surface area contributed by atoms with Gasteiger partial charge in [-0.15, -0.1) is 0 Å². The molecule has 2 rings (SSSR count). The quantitative estimate of drug-likeness (QED) is 0.678. The maximum atomic E-state index is 12.8. The highest BCUT2D eigenvalue weighted by Crippen LogP contribution is 2.26. The second-order valence-electron chi connectivity index (χ2n) is 6.64. The fourth-order valence-corrected chi connectivity index (χ4v) is 4.78. The van der Waals surface area contributed by atoms with Crippen LogP contribution >= 0.6 is 11.6 Å². The van der Waals surface area contributed by atoms with Gasteiger partial charge in [-0.1, -0.05) is 43.6 Å². The molecule has 152 valence electrons. The molecule has 0 saturated carbocycles. The Labute approximate surface area is 172 Å². The van der Waals surface area contributed by atoms with E-state index in [9.17, 15) is 13.2 Å². The van der Waals surface area contributed by atoms with Gasteiger partial charge in [-0.05, 0) is 55.2 Å². The van der Waals surface area contributed by atoms with Gasteiger partial charge >= 0.3 is 0 Å². The lowest BCUT2D eigenvalue weighted by atomic mass is 10.1. The number of sulfonamides is 1. The topological polar surface area (TPSA) is 66.5 Å². The summed E-state index contributed by atoms with van der Waals surface area (Å²) >= 11 is 6.14. The van der Waals surface area contributed by atoms with Crippen molar-refractivity contribution in [3.63, 3.8) is 0 Å². The Morgan fingerprint density at radius 1 is 1.11 bits per heavy atom. The van der Waals surface area contributed by atoms with E-state index in [0.29, 0.717) is 30.2 Å². The smallest absolute Gasteiger partial charge is 0.243 e. The van der Waals surface area contributed by atoms with Gasteiger partial charge in [-0.2, -0.15) is 4.31 Å². The lowest BCUT2D eigenvalue weighted by Crippen LogP contribution is -2.30. The largest absolute Gasteiger partial charge is 0.326 e. The minimum absolute atomic E-state index is 0.181. The van der Waals surface area contributed by atoms with Crippen molar-refractivity contribution >= 4 is 33.2 Å². The first-order valence-electron chi connectivity index (χ1n) is 9.35. The summed E-state index contributed by atoms with van der Waals surface area (Å²) in [5.74, 6) is -0.181. The van der Waals surface area contributed by atoms with E-state index in [1.54, 1.807) is 32.0 Å². The molecule has 1 amide bonds. The first-order valence-corrected chi connectivity index (χ1v) is 11.2. The molecule has 0 bridgehead atoms. The zero-order valence-corrected chi connectivity index (χ0v) is 18.3. The molecule has 5 nitrogen and oxygen atoms in total. The third kappa shape index (κ3) is 5.13. The van der Waals surface area contributed by atoms with Gasteiger partial charge < -0.3 is 5.32 Å². The van der Waals surface area contributed by atoms with Crippen LogP contribution in [0.15, 0.2) is 41.3 Å². The van der Waals surface area contributed by atoms with E-state index < -0.39 is 10.0 Å². The van der Waals surface area contributed by atoms with Gasteiger partial charge in [0.15, 0.2) is 0 Å². The van der Waals surface area contributed by atoms with E-state index in [-0.39, 0.29) is 17.2 Å². The normalized spacial score (nSPS) is 11.6. The number of nitrogens with zero attached hydrogens (tertiary/aromatic N) is 1. The Hall–Kier alpha value is -1.89. The standard InChI is InChI=1S/C21H27ClN2O3S/c1-5-24(6-2)28(26,27)18-13-15(3)16(4)20(14-18)23-21(25)12-11-17-9-7-8-10-19(17)22/h7-10,13-14H,5-6,11-12H2,1-4H3,(H,23,25). The molecule has 0 aliphatic heterocycles. The van der Waals surface area contributed by atoms with Crippen molar-refractivity contribution in [2.45, 2.75) is 45.4 Å². The van der Waals surface area contributed by atoms with Gasteiger partial charge in [0.05, 0.1) is 4.90 Å². The summed E-state index contributed by atoms with van der Waals surface area (Å²) in [4.78, 5) is 12.6. The van der Waals surface area contributed by atoms with E-state index in [1.807, 2.05) is 32.0 Å². The first kappa shape index (κ1) is 22.4. The van der Waals surface area contributed by atoms with Crippen molar-refractivity contribution in [3.8, 4) is 0 Å². The van der Waals surface area contributed by atoms with E-state index in [0.717, 1.165) is 16.7 Å². The van der Waals surface area contributed by atoms with E-state index in [2.05, 4.69) is 5.32 Å². The highest BCUT2D eigenvalue weighted by atomic mass is 35.5. The van der Waals surface area contributed by atoms with E-state index in [1.165, 1.54) is 4.31 Å². The number of hydrogen-bond donors (Lipinski definition) is 1. The number of halogens is 1. The van der Waals surface area contributed by atoms with Crippen LogP contribution in [0.4, 0.5) is 5.69 Å². The van der Waals surface area contributed by atoms with Crippen molar-refractivity contribution < 1.29 is 13.2 Å². The van der Waals surface area contributed by atoms with Gasteiger partial charge in [0.2, 0.25) is 15.9 Å².